The largest absolute Gasteiger partial charge is 0.355 e. The number of rotatable bonds is 6. The topological polar surface area (TPSA) is 29.1 Å². The van der Waals surface area contributed by atoms with Gasteiger partial charge in [0.05, 0.1) is 6.42 Å². The van der Waals surface area contributed by atoms with Gasteiger partial charge in [0.2, 0.25) is 5.91 Å². The van der Waals surface area contributed by atoms with E-state index in [-0.39, 0.29) is 5.91 Å². The number of carbonyl (C=O) groups excluding carboxylic acids is 1. The van der Waals surface area contributed by atoms with E-state index in [9.17, 15) is 4.79 Å². The summed E-state index contributed by atoms with van der Waals surface area (Å²) in [7, 11) is 0. The molecule has 0 saturated carbocycles. The van der Waals surface area contributed by atoms with Crippen molar-refractivity contribution in [2.24, 2.45) is 0 Å². The predicted octanol–water partition coefficient (Wildman–Crippen LogP) is 3.56. The van der Waals surface area contributed by atoms with E-state index in [4.69, 9.17) is 11.6 Å². The van der Waals surface area contributed by atoms with Crippen LogP contribution < -0.4 is 5.32 Å². The third-order valence-electron chi connectivity index (χ3n) is 2.38. The van der Waals surface area contributed by atoms with E-state index in [1.807, 2.05) is 18.2 Å². The highest BCUT2D eigenvalue weighted by molar-refractivity contribution is 9.09. The Bertz CT molecular complexity index is 370. The molecule has 1 rings (SSSR count). The molecule has 1 aromatic carbocycles. The fourth-order valence-corrected chi connectivity index (χ4v) is 2.37. The van der Waals surface area contributed by atoms with Crippen LogP contribution in [0.2, 0.25) is 5.02 Å². The molecule has 0 aliphatic heterocycles. The van der Waals surface area contributed by atoms with Gasteiger partial charge in [-0.25, -0.2) is 0 Å². The highest BCUT2D eigenvalue weighted by Crippen LogP contribution is 2.11. The van der Waals surface area contributed by atoms with E-state index in [1.165, 1.54) is 0 Å². The quantitative estimate of drug-likeness (QED) is 0.798. The van der Waals surface area contributed by atoms with Crippen molar-refractivity contribution >= 4 is 33.4 Å². The molecule has 2 nitrogen and oxygen atoms in total. The smallest absolute Gasteiger partial charge is 0.224 e. The summed E-state index contributed by atoms with van der Waals surface area (Å²) in [6, 6.07) is 7.38. The second-order valence-corrected chi connectivity index (χ2v) is 5.73. The van der Waals surface area contributed by atoms with Gasteiger partial charge in [-0.05, 0) is 24.1 Å². The Morgan fingerprint density at radius 3 is 2.94 bits per heavy atom. The summed E-state index contributed by atoms with van der Waals surface area (Å²) in [6.45, 7) is 2.80. The van der Waals surface area contributed by atoms with Crippen LogP contribution in [0.25, 0.3) is 0 Å². The minimum absolute atomic E-state index is 0.0350. The standard InChI is InChI=1S/C13H17BrClNO/c1-2-4-11(14)9-16-13(17)8-10-5-3-6-12(15)7-10/h3,5-7,11H,2,4,8-9H2,1H3,(H,16,17). The molecular weight excluding hydrogens is 302 g/mol. The number of hydrogen-bond donors (Lipinski definition) is 1. The maximum Gasteiger partial charge on any atom is 0.224 e. The fourth-order valence-electron chi connectivity index (χ4n) is 1.53. The zero-order chi connectivity index (χ0) is 12.7. The van der Waals surface area contributed by atoms with Gasteiger partial charge in [0.25, 0.3) is 0 Å². The Balaban J connectivity index is 2.34. The summed E-state index contributed by atoms with van der Waals surface area (Å²) in [4.78, 5) is 12.0. The van der Waals surface area contributed by atoms with E-state index in [0.29, 0.717) is 22.8 Å². The summed E-state index contributed by atoms with van der Waals surface area (Å²) in [5.41, 5.74) is 0.941. The van der Waals surface area contributed by atoms with Gasteiger partial charge >= 0.3 is 0 Å². The lowest BCUT2D eigenvalue weighted by Gasteiger charge is -2.10. The summed E-state index contributed by atoms with van der Waals surface area (Å²) in [6.07, 6.45) is 2.56. The lowest BCUT2D eigenvalue weighted by Crippen LogP contribution is -2.30. The Kier molecular flexibility index (Phi) is 6.60. The molecule has 94 valence electrons. The van der Waals surface area contributed by atoms with E-state index >= 15 is 0 Å². The van der Waals surface area contributed by atoms with Crippen LogP contribution in [0.4, 0.5) is 0 Å². The number of alkyl halides is 1. The summed E-state index contributed by atoms with van der Waals surface area (Å²) in [5.74, 6) is 0.0350. The Labute approximate surface area is 116 Å². The minimum Gasteiger partial charge on any atom is -0.355 e. The molecule has 0 heterocycles. The minimum atomic E-state index is 0.0350. The van der Waals surface area contributed by atoms with Crippen LogP contribution in [-0.2, 0) is 11.2 Å². The Hall–Kier alpha value is -0.540. The van der Waals surface area contributed by atoms with Crippen molar-refractivity contribution < 1.29 is 4.79 Å². The molecule has 0 bridgehead atoms. The SMILES string of the molecule is CCCC(Br)CNC(=O)Cc1cccc(Cl)c1. The van der Waals surface area contributed by atoms with Crippen molar-refractivity contribution in [3.63, 3.8) is 0 Å². The molecule has 0 aliphatic rings. The molecule has 0 fully saturated rings. The van der Waals surface area contributed by atoms with Crippen LogP contribution in [0.3, 0.4) is 0 Å². The fraction of sp³-hybridized carbons (Fsp3) is 0.462. The molecule has 0 aliphatic carbocycles. The van der Waals surface area contributed by atoms with Gasteiger partial charge in [-0.15, -0.1) is 0 Å². The normalized spacial score (nSPS) is 12.2. The number of amides is 1. The summed E-state index contributed by atoms with van der Waals surface area (Å²) >= 11 is 9.39. The first-order chi connectivity index (χ1) is 8.11. The van der Waals surface area contributed by atoms with Gasteiger partial charge in [-0.2, -0.15) is 0 Å². The number of nitrogens with one attached hydrogen (secondary N) is 1. The van der Waals surface area contributed by atoms with Gasteiger partial charge in [0.1, 0.15) is 0 Å². The first kappa shape index (κ1) is 14.5. The summed E-state index contributed by atoms with van der Waals surface area (Å²) in [5, 5.41) is 3.57. The molecule has 1 aromatic rings. The number of halogens is 2. The van der Waals surface area contributed by atoms with Gasteiger partial charge in [-0.3, -0.25) is 4.79 Å². The Morgan fingerprint density at radius 2 is 2.29 bits per heavy atom. The second kappa shape index (κ2) is 7.72. The number of hydrogen-bond acceptors (Lipinski definition) is 1. The zero-order valence-electron chi connectivity index (χ0n) is 9.88. The first-order valence-electron chi connectivity index (χ1n) is 5.77. The molecule has 1 N–H and O–H groups in total. The second-order valence-electron chi connectivity index (χ2n) is 4.00. The number of benzene rings is 1. The highest BCUT2D eigenvalue weighted by Gasteiger charge is 2.07. The van der Waals surface area contributed by atoms with Crippen molar-refractivity contribution in [2.45, 2.75) is 31.0 Å². The third-order valence-corrected chi connectivity index (χ3v) is 3.39. The molecule has 4 heteroatoms. The summed E-state index contributed by atoms with van der Waals surface area (Å²) < 4.78 is 0. The van der Waals surface area contributed by atoms with Gasteiger partial charge in [-0.1, -0.05) is 53.0 Å². The van der Waals surface area contributed by atoms with Crippen LogP contribution in [-0.4, -0.2) is 17.3 Å². The van der Waals surface area contributed by atoms with Gasteiger partial charge < -0.3 is 5.32 Å². The Morgan fingerprint density at radius 1 is 1.53 bits per heavy atom. The van der Waals surface area contributed by atoms with Crippen LogP contribution in [0.15, 0.2) is 24.3 Å². The van der Waals surface area contributed by atoms with Crippen molar-refractivity contribution in [2.75, 3.05) is 6.54 Å². The molecular formula is C13H17BrClNO. The average Bonchev–Trinajstić information content (AvgIpc) is 2.27. The zero-order valence-corrected chi connectivity index (χ0v) is 12.2. The van der Waals surface area contributed by atoms with Crippen LogP contribution in [0, 0.1) is 0 Å². The predicted molar refractivity (Wildman–Crippen MR) is 75.8 cm³/mol. The maximum atomic E-state index is 11.7. The number of carbonyl (C=O) groups is 1. The lowest BCUT2D eigenvalue weighted by molar-refractivity contribution is -0.120. The van der Waals surface area contributed by atoms with Crippen molar-refractivity contribution in [1.29, 1.82) is 0 Å². The van der Waals surface area contributed by atoms with E-state index < -0.39 is 0 Å². The van der Waals surface area contributed by atoms with Gasteiger partial charge in [0, 0.05) is 16.4 Å². The highest BCUT2D eigenvalue weighted by atomic mass is 79.9. The lowest BCUT2D eigenvalue weighted by atomic mass is 10.1. The van der Waals surface area contributed by atoms with Crippen LogP contribution in [0.1, 0.15) is 25.3 Å². The average molecular weight is 319 g/mol. The van der Waals surface area contributed by atoms with E-state index in [1.54, 1.807) is 6.07 Å². The maximum absolute atomic E-state index is 11.7. The molecule has 17 heavy (non-hydrogen) atoms. The van der Waals surface area contributed by atoms with Crippen molar-refractivity contribution in [1.82, 2.24) is 5.32 Å². The molecule has 0 aromatic heterocycles. The van der Waals surface area contributed by atoms with Crippen molar-refractivity contribution in [3.8, 4) is 0 Å². The molecule has 1 atom stereocenters. The first-order valence-corrected chi connectivity index (χ1v) is 7.06. The molecule has 0 radical (unpaired) electrons. The molecule has 0 spiro atoms. The van der Waals surface area contributed by atoms with E-state index in [0.717, 1.165) is 18.4 Å². The van der Waals surface area contributed by atoms with Crippen molar-refractivity contribution in [3.05, 3.63) is 34.9 Å². The van der Waals surface area contributed by atoms with Gasteiger partial charge in [0.15, 0.2) is 0 Å². The van der Waals surface area contributed by atoms with E-state index in [2.05, 4.69) is 28.2 Å². The molecule has 0 saturated heterocycles. The molecule has 1 unspecified atom stereocenters. The van der Waals surface area contributed by atoms with Crippen LogP contribution in [0.5, 0.6) is 0 Å². The third kappa shape index (κ3) is 6.08. The molecule has 1 amide bonds. The van der Waals surface area contributed by atoms with Crippen LogP contribution >= 0.6 is 27.5 Å². The monoisotopic (exact) mass is 317 g/mol.